The second kappa shape index (κ2) is 2.67. The summed E-state index contributed by atoms with van der Waals surface area (Å²) >= 11 is 0. The van der Waals surface area contributed by atoms with Gasteiger partial charge < -0.3 is 15.1 Å². The maximum Gasteiger partial charge on any atom is 0.407 e. The molecule has 1 amide bonds. The van der Waals surface area contributed by atoms with E-state index in [1.807, 2.05) is 0 Å². The van der Waals surface area contributed by atoms with Gasteiger partial charge in [-0.05, 0) is 36.5 Å². The molecule has 4 nitrogen and oxygen atoms in total. The molecule has 2 aliphatic carbocycles. The van der Waals surface area contributed by atoms with Crippen LogP contribution in [0.5, 0.6) is 0 Å². The monoisotopic (exact) mass is 211 g/mol. The van der Waals surface area contributed by atoms with E-state index in [2.05, 4.69) is 0 Å². The van der Waals surface area contributed by atoms with Crippen LogP contribution in [0.2, 0.25) is 0 Å². The Morgan fingerprint density at radius 2 is 2.13 bits per heavy atom. The lowest BCUT2D eigenvalue weighted by molar-refractivity contribution is 0.117. The Morgan fingerprint density at radius 1 is 1.40 bits per heavy atom. The van der Waals surface area contributed by atoms with Crippen LogP contribution < -0.4 is 0 Å². The van der Waals surface area contributed by atoms with Crippen molar-refractivity contribution in [1.82, 2.24) is 4.90 Å². The highest BCUT2D eigenvalue weighted by molar-refractivity contribution is 5.66. The summed E-state index contributed by atoms with van der Waals surface area (Å²) in [6.45, 7) is 0.637. The van der Waals surface area contributed by atoms with E-state index in [4.69, 9.17) is 5.11 Å². The zero-order valence-corrected chi connectivity index (χ0v) is 8.78. The molecule has 2 saturated carbocycles. The number of aliphatic hydroxyl groups is 1. The van der Waals surface area contributed by atoms with Crippen LogP contribution in [0.4, 0.5) is 4.79 Å². The third-order valence-electron chi connectivity index (χ3n) is 4.98. The van der Waals surface area contributed by atoms with Crippen LogP contribution in [0.15, 0.2) is 0 Å². The van der Waals surface area contributed by atoms with Crippen LogP contribution in [0.25, 0.3) is 0 Å². The van der Waals surface area contributed by atoms with E-state index in [0.29, 0.717) is 12.0 Å². The van der Waals surface area contributed by atoms with Gasteiger partial charge in [-0.3, -0.25) is 0 Å². The summed E-state index contributed by atoms with van der Waals surface area (Å²) < 4.78 is 0. The third kappa shape index (κ3) is 1.03. The first kappa shape index (κ1) is 9.46. The molecular formula is C11H17NO3. The average molecular weight is 211 g/mol. The molecule has 1 saturated heterocycles. The zero-order chi connectivity index (χ0) is 10.7. The van der Waals surface area contributed by atoms with Gasteiger partial charge in [0.25, 0.3) is 0 Å². The SMILES string of the molecule is O=C(O)N1CC2(C[C@H]1CO)CC21CCC1. The molecule has 84 valence electrons. The maximum absolute atomic E-state index is 11.0. The Hall–Kier alpha value is -0.770. The summed E-state index contributed by atoms with van der Waals surface area (Å²) in [6.07, 6.45) is 5.07. The first-order chi connectivity index (χ1) is 7.12. The minimum atomic E-state index is -0.868. The maximum atomic E-state index is 11.0. The van der Waals surface area contributed by atoms with E-state index in [1.54, 1.807) is 0 Å². The Morgan fingerprint density at radius 3 is 2.47 bits per heavy atom. The lowest BCUT2D eigenvalue weighted by atomic mass is 9.74. The smallest absolute Gasteiger partial charge is 0.407 e. The highest BCUT2D eigenvalue weighted by Gasteiger charge is 2.72. The van der Waals surface area contributed by atoms with Crippen molar-refractivity contribution in [2.75, 3.05) is 13.2 Å². The van der Waals surface area contributed by atoms with Gasteiger partial charge in [-0.1, -0.05) is 6.42 Å². The number of hydrogen-bond donors (Lipinski definition) is 2. The van der Waals surface area contributed by atoms with Crippen molar-refractivity contribution in [2.45, 2.75) is 38.1 Å². The number of carboxylic acid groups (broad SMARTS) is 1. The van der Waals surface area contributed by atoms with Crippen molar-refractivity contribution in [1.29, 1.82) is 0 Å². The molecule has 2 N–H and O–H groups in total. The number of carbonyl (C=O) groups is 1. The Bertz CT molecular complexity index is 313. The van der Waals surface area contributed by atoms with E-state index in [1.165, 1.54) is 30.6 Å². The predicted octanol–water partition coefficient (Wildman–Crippen LogP) is 1.29. The van der Waals surface area contributed by atoms with Gasteiger partial charge in [-0.2, -0.15) is 0 Å². The number of amides is 1. The quantitative estimate of drug-likeness (QED) is 0.687. The fourth-order valence-electron chi connectivity index (χ4n) is 3.89. The largest absolute Gasteiger partial charge is 0.465 e. The molecule has 4 heteroatoms. The first-order valence-corrected chi connectivity index (χ1v) is 5.73. The molecule has 0 aromatic rings. The first-order valence-electron chi connectivity index (χ1n) is 5.73. The van der Waals surface area contributed by atoms with Crippen molar-refractivity contribution >= 4 is 6.09 Å². The fraction of sp³-hybridized carbons (Fsp3) is 0.909. The number of likely N-dealkylation sites (tertiary alicyclic amines) is 1. The summed E-state index contributed by atoms with van der Waals surface area (Å²) in [7, 11) is 0. The highest BCUT2D eigenvalue weighted by atomic mass is 16.4. The molecule has 3 aliphatic rings. The highest BCUT2D eigenvalue weighted by Crippen LogP contribution is 2.77. The molecule has 0 aromatic carbocycles. The van der Waals surface area contributed by atoms with Gasteiger partial charge in [0, 0.05) is 6.54 Å². The number of fused-ring (bicyclic) bond motifs is 1. The molecule has 1 aliphatic heterocycles. The van der Waals surface area contributed by atoms with Crippen molar-refractivity contribution in [2.24, 2.45) is 10.8 Å². The van der Waals surface area contributed by atoms with E-state index in [0.717, 1.165) is 6.42 Å². The summed E-state index contributed by atoms with van der Waals surface area (Å²) in [5.41, 5.74) is 0.724. The number of aliphatic hydroxyl groups excluding tert-OH is 1. The summed E-state index contributed by atoms with van der Waals surface area (Å²) in [4.78, 5) is 12.5. The van der Waals surface area contributed by atoms with Gasteiger partial charge in [0.05, 0.1) is 12.6 Å². The summed E-state index contributed by atoms with van der Waals surface area (Å²) in [6, 6.07) is -0.150. The van der Waals surface area contributed by atoms with E-state index in [-0.39, 0.29) is 18.1 Å². The fourth-order valence-corrected chi connectivity index (χ4v) is 3.89. The molecule has 1 unspecified atom stereocenters. The van der Waals surface area contributed by atoms with Crippen LogP contribution in [0.1, 0.15) is 32.1 Å². The second-order valence-corrected chi connectivity index (χ2v) is 5.54. The van der Waals surface area contributed by atoms with Crippen molar-refractivity contribution in [3.8, 4) is 0 Å². The van der Waals surface area contributed by atoms with Crippen molar-refractivity contribution in [3.05, 3.63) is 0 Å². The van der Waals surface area contributed by atoms with E-state index >= 15 is 0 Å². The Labute approximate surface area is 88.9 Å². The average Bonchev–Trinajstić information content (AvgIpc) is 2.62. The van der Waals surface area contributed by atoms with Crippen LogP contribution in [-0.2, 0) is 0 Å². The molecular weight excluding hydrogens is 194 g/mol. The molecule has 3 fully saturated rings. The molecule has 0 aromatic heterocycles. The number of hydrogen-bond acceptors (Lipinski definition) is 2. The second-order valence-electron chi connectivity index (χ2n) is 5.54. The molecule has 2 atom stereocenters. The van der Waals surface area contributed by atoms with Crippen LogP contribution >= 0.6 is 0 Å². The molecule has 2 spiro atoms. The number of nitrogens with zero attached hydrogens (tertiary/aromatic N) is 1. The van der Waals surface area contributed by atoms with Crippen LogP contribution in [0, 0.1) is 10.8 Å². The lowest BCUT2D eigenvalue weighted by Gasteiger charge is -2.30. The van der Waals surface area contributed by atoms with Crippen molar-refractivity contribution < 1.29 is 15.0 Å². The van der Waals surface area contributed by atoms with Crippen LogP contribution in [0.3, 0.4) is 0 Å². The predicted molar refractivity (Wildman–Crippen MR) is 53.6 cm³/mol. The summed E-state index contributed by atoms with van der Waals surface area (Å²) in [5.74, 6) is 0. The zero-order valence-electron chi connectivity index (χ0n) is 8.78. The minimum Gasteiger partial charge on any atom is -0.465 e. The van der Waals surface area contributed by atoms with Gasteiger partial charge in [0.2, 0.25) is 0 Å². The standard InChI is InChI=1S/C11H17NO3/c13-5-8-4-11(7-12(8)9(14)15)6-10(11)2-1-3-10/h8,13H,1-7H2,(H,14,15)/t8-,11?/m0/s1. The van der Waals surface area contributed by atoms with Gasteiger partial charge in [0.15, 0.2) is 0 Å². The number of rotatable bonds is 1. The molecule has 15 heavy (non-hydrogen) atoms. The van der Waals surface area contributed by atoms with E-state index < -0.39 is 6.09 Å². The third-order valence-corrected chi connectivity index (χ3v) is 4.98. The molecule has 3 rings (SSSR count). The molecule has 0 bridgehead atoms. The van der Waals surface area contributed by atoms with Gasteiger partial charge >= 0.3 is 6.09 Å². The van der Waals surface area contributed by atoms with E-state index in [9.17, 15) is 9.90 Å². The Balaban J connectivity index is 1.78. The summed E-state index contributed by atoms with van der Waals surface area (Å²) in [5, 5.41) is 18.3. The molecule has 0 radical (unpaired) electrons. The van der Waals surface area contributed by atoms with Gasteiger partial charge in [0.1, 0.15) is 0 Å². The van der Waals surface area contributed by atoms with Crippen LogP contribution in [-0.4, -0.2) is 40.4 Å². The van der Waals surface area contributed by atoms with Crippen molar-refractivity contribution in [3.63, 3.8) is 0 Å². The molecule has 1 heterocycles. The van der Waals surface area contributed by atoms with Gasteiger partial charge in [-0.25, -0.2) is 4.79 Å². The minimum absolute atomic E-state index is 0.0237. The Kier molecular flexibility index (Phi) is 1.68. The topological polar surface area (TPSA) is 60.8 Å². The van der Waals surface area contributed by atoms with Gasteiger partial charge in [-0.15, -0.1) is 0 Å². The lowest BCUT2D eigenvalue weighted by Crippen LogP contribution is -2.36. The normalized spacial score (nSPS) is 40.9.